The lowest BCUT2D eigenvalue weighted by molar-refractivity contribution is -0.0567. The maximum atomic E-state index is 12.4. The van der Waals surface area contributed by atoms with E-state index in [2.05, 4.69) is 0 Å². The maximum absolute atomic E-state index is 12.4. The minimum Gasteiger partial charge on any atom is -0.497 e. The quantitative estimate of drug-likeness (QED) is 0.753. The van der Waals surface area contributed by atoms with E-state index >= 15 is 0 Å². The van der Waals surface area contributed by atoms with Crippen LogP contribution in [0.15, 0.2) is 18.2 Å². The van der Waals surface area contributed by atoms with Gasteiger partial charge in [-0.2, -0.15) is 5.26 Å². The van der Waals surface area contributed by atoms with Gasteiger partial charge in [-0.25, -0.2) is 0 Å². The Morgan fingerprint density at radius 2 is 2.11 bits per heavy atom. The molecule has 1 saturated heterocycles. The molecule has 1 aromatic rings. The van der Waals surface area contributed by atoms with E-state index in [9.17, 15) is 4.79 Å². The van der Waals surface area contributed by atoms with Gasteiger partial charge in [0, 0.05) is 0 Å². The van der Waals surface area contributed by atoms with Crippen LogP contribution in [0.4, 0.5) is 0 Å². The third-order valence-corrected chi connectivity index (χ3v) is 3.00. The average Bonchev–Trinajstić information content (AvgIpc) is 2.37. The van der Waals surface area contributed by atoms with Crippen LogP contribution in [0.2, 0.25) is 0 Å². The fraction of sp³-hybridized carbons (Fsp3) is 0.385. The molecule has 5 heteroatoms. The van der Waals surface area contributed by atoms with Gasteiger partial charge in [0.15, 0.2) is 11.2 Å². The summed E-state index contributed by atoms with van der Waals surface area (Å²) < 4.78 is 15.2. The zero-order valence-electron chi connectivity index (χ0n) is 10.2. The molecule has 0 amide bonds. The normalized spacial score (nSPS) is 16.3. The molecule has 0 aliphatic carbocycles. The Kier molecular flexibility index (Phi) is 3.21. The van der Waals surface area contributed by atoms with Crippen LogP contribution >= 0.6 is 0 Å². The van der Waals surface area contributed by atoms with Crippen molar-refractivity contribution in [2.45, 2.75) is 0 Å². The lowest BCUT2D eigenvalue weighted by Gasteiger charge is -2.33. The highest BCUT2D eigenvalue weighted by Gasteiger charge is 2.47. The first-order chi connectivity index (χ1) is 8.66. The molecule has 0 atom stereocenters. The van der Waals surface area contributed by atoms with E-state index in [1.807, 2.05) is 6.07 Å². The van der Waals surface area contributed by atoms with E-state index in [-0.39, 0.29) is 19.0 Å². The Hall–Kier alpha value is -2.06. The lowest BCUT2D eigenvalue weighted by Crippen LogP contribution is -2.48. The highest BCUT2D eigenvalue weighted by atomic mass is 16.5. The molecule has 0 N–H and O–H groups in total. The summed E-state index contributed by atoms with van der Waals surface area (Å²) in [5, 5.41) is 9.14. The van der Waals surface area contributed by atoms with Crippen molar-refractivity contribution in [2.75, 3.05) is 27.4 Å². The van der Waals surface area contributed by atoms with Gasteiger partial charge in [0.05, 0.1) is 39.1 Å². The van der Waals surface area contributed by atoms with Gasteiger partial charge in [-0.15, -0.1) is 0 Å². The molecule has 1 aliphatic rings. The molecule has 0 radical (unpaired) electrons. The van der Waals surface area contributed by atoms with Crippen molar-refractivity contribution >= 4 is 5.78 Å². The van der Waals surface area contributed by atoms with Crippen LogP contribution in [0.3, 0.4) is 0 Å². The van der Waals surface area contributed by atoms with Crippen LogP contribution in [0.5, 0.6) is 11.5 Å². The molecular weight excluding hydrogens is 234 g/mol. The van der Waals surface area contributed by atoms with Crippen molar-refractivity contribution in [1.29, 1.82) is 5.26 Å². The molecule has 0 aromatic heterocycles. The van der Waals surface area contributed by atoms with E-state index in [1.165, 1.54) is 14.2 Å². The van der Waals surface area contributed by atoms with E-state index in [4.69, 9.17) is 19.5 Å². The summed E-state index contributed by atoms with van der Waals surface area (Å²) in [5.74, 6) is 0.696. The summed E-state index contributed by atoms with van der Waals surface area (Å²) >= 11 is 0. The van der Waals surface area contributed by atoms with Gasteiger partial charge in [-0.3, -0.25) is 4.79 Å². The number of rotatable bonds is 4. The number of carbonyl (C=O) groups is 1. The molecule has 5 nitrogen and oxygen atoms in total. The van der Waals surface area contributed by atoms with Crippen LogP contribution in [0.1, 0.15) is 10.4 Å². The largest absolute Gasteiger partial charge is 0.497 e. The Balaban J connectivity index is 2.43. The number of ketones is 1. The number of carbonyl (C=O) groups excluding carboxylic acids is 1. The number of ether oxygens (including phenoxy) is 3. The van der Waals surface area contributed by atoms with E-state index in [1.54, 1.807) is 18.2 Å². The van der Waals surface area contributed by atoms with Gasteiger partial charge in [-0.05, 0) is 18.2 Å². The SMILES string of the molecule is COc1ccc(OC)c(C(=O)C2(C#N)COC2)c1. The molecule has 0 saturated carbocycles. The number of nitrogens with zero attached hydrogens (tertiary/aromatic N) is 1. The minimum atomic E-state index is -1.08. The third-order valence-electron chi connectivity index (χ3n) is 3.00. The second kappa shape index (κ2) is 4.67. The molecule has 1 aliphatic heterocycles. The zero-order valence-corrected chi connectivity index (χ0v) is 10.2. The standard InChI is InChI=1S/C13H13NO4/c1-16-9-3-4-11(17-2)10(5-9)12(15)13(6-14)7-18-8-13/h3-5H,7-8H2,1-2H3. The van der Waals surface area contributed by atoms with E-state index in [0.29, 0.717) is 17.1 Å². The lowest BCUT2D eigenvalue weighted by atomic mass is 9.79. The predicted molar refractivity (Wildman–Crippen MR) is 62.7 cm³/mol. The average molecular weight is 247 g/mol. The molecule has 94 valence electrons. The summed E-state index contributed by atoms with van der Waals surface area (Å²) in [5.41, 5.74) is -0.735. The van der Waals surface area contributed by atoms with Gasteiger partial charge in [0.25, 0.3) is 0 Å². The Morgan fingerprint density at radius 3 is 2.56 bits per heavy atom. The molecule has 0 unspecified atom stereocenters. The topological polar surface area (TPSA) is 68.5 Å². The molecule has 0 bridgehead atoms. The Labute approximate surface area is 105 Å². The van der Waals surface area contributed by atoms with Crippen molar-refractivity contribution in [2.24, 2.45) is 5.41 Å². The number of hydrogen-bond acceptors (Lipinski definition) is 5. The molecule has 2 rings (SSSR count). The summed E-state index contributed by atoms with van der Waals surface area (Å²) in [7, 11) is 3.00. The van der Waals surface area contributed by atoms with Crippen LogP contribution < -0.4 is 9.47 Å². The van der Waals surface area contributed by atoms with Crippen molar-refractivity contribution in [3.63, 3.8) is 0 Å². The molecule has 0 spiro atoms. The number of benzene rings is 1. The summed E-state index contributed by atoms with van der Waals surface area (Å²) in [6.07, 6.45) is 0. The van der Waals surface area contributed by atoms with Crippen LogP contribution in [-0.4, -0.2) is 33.2 Å². The number of Topliss-reactive ketones (excluding diaryl/α,β-unsaturated/α-hetero) is 1. The Bertz CT molecular complexity index is 514. The number of hydrogen-bond donors (Lipinski definition) is 0. The monoisotopic (exact) mass is 247 g/mol. The predicted octanol–water partition coefficient (Wildman–Crippen LogP) is 1.43. The number of nitriles is 1. The highest BCUT2D eigenvalue weighted by Crippen LogP contribution is 2.35. The van der Waals surface area contributed by atoms with Gasteiger partial charge >= 0.3 is 0 Å². The van der Waals surface area contributed by atoms with Gasteiger partial charge < -0.3 is 14.2 Å². The van der Waals surface area contributed by atoms with Crippen LogP contribution in [0.25, 0.3) is 0 Å². The van der Waals surface area contributed by atoms with Gasteiger partial charge in [0.2, 0.25) is 0 Å². The van der Waals surface area contributed by atoms with Crippen LogP contribution in [-0.2, 0) is 4.74 Å². The molecular formula is C13H13NO4. The fourth-order valence-corrected chi connectivity index (χ4v) is 1.80. The Morgan fingerprint density at radius 1 is 1.39 bits per heavy atom. The van der Waals surface area contributed by atoms with Crippen molar-refractivity contribution < 1.29 is 19.0 Å². The minimum absolute atomic E-state index is 0.128. The van der Waals surface area contributed by atoms with Crippen LogP contribution in [0, 0.1) is 16.7 Å². The highest BCUT2D eigenvalue weighted by molar-refractivity contribution is 6.05. The first-order valence-electron chi connectivity index (χ1n) is 5.42. The fourth-order valence-electron chi connectivity index (χ4n) is 1.80. The third kappa shape index (κ3) is 1.81. The first-order valence-corrected chi connectivity index (χ1v) is 5.42. The second-order valence-corrected chi connectivity index (χ2v) is 4.08. The van der Waals surface area contributed by atoms with Crippen molar-refractivity contribution in [3.05, 3.63) is 23.8 Å². The van der Waals surface area contributed by atoms with Crippen molar-refractivity contribution in [1.82, 2.24) is 0 Å². The zero-order chi connectivity index (χ0) is 13.2. The van der Waals surface area contributed by atoms with E-state index < -0.39 is 5.41 Å². The number of methoxy groups -OCH3 is 2. The molecule has 18 heavy (non-hydrogen) atoms. The first kappa shape index (κ1) is 12.4. The van der Waals surface area contributed by atoms with Gasteiger partial charge in [0.1, 0.15) is 11.5 Å². The maximum Gasteiger partial charge on any atom is 0.191 e. The van der Waals surface area contributed by atoms with E-state index in [0.717, 1.165) is 0 Å². The molecule has 1 aromatic carbocycles. The smallest absolute Gasteiger partial charge is 0.191 e. The molecule has 1 heterocycles. The van der Waals surface area contributed by atoms with Gasteiger partial charge in [-0.1, -0.05) is 0 Å². The summed E-state index contributed by atoms with van der Waals surface area (Å²) in [6.45, 7) is 0.255. The summed E-state index contributed by atoms with van der Waals surface area (Å²) in [4.78, 5) is 12.4. The molecule has 1 fully saturated rings. The second-order valence-electron chi connectivity index (χ2n) is 4.08. The van der Waals surface area contributed by atoms with Crippen molar-refractivity contribution in [3.8, 4) is 17.6 Å². The summed E-state index contributed by atoms with van der Waals surface area (Å²) in [6, 6.07) is 6.96.